The highest BCUT2D eigenvalue weighted by atomic mass is 16.5. The smallest absolute Gasteiger partial charge is 0.344 e. The van der Waals surface area contributed by atoms with E-state index < -0.39 is 11.7 Å². The van der Waals surface area contributed by atoms with Gasteiger partial charge in [-0.2, -0.15) is 0 Å². The van der Waals surface area contributed by atoms with Gasteiger partial charge in [0, 0.05) is 12.5 Å². The lowest BCUT2D eigenvalue weighted by Crippen LogP contribution is -2.53. The molecular formula is C19H21NO5. The van der Waals surface area contributed by atoms with Crippen LogP contribution < -0.4 is 5.63 Å². The van der Waals surface area contributed by atoms with Crippen LogP contribution >= 0.6 is 0 Å². The normalized spacial score (nSPS) is 26.9. The Balaban J connectivity index is 1.67. The molecule has 2 heterocycles. The number of rotatable bonds is 2. The first-order chi connectivity index (χ1) is 12.1. The van der Waals surface area contributed by atoms with E-state index in [9.17, 15) is 14.7 Å². The van der Waals surface area contributed by atoms with Crippen molar-refractivity contribution in [3.05, 3.63) is 46.5 Å². The second kappa shape index (κ2) is 6.61. The zero-order valence-electron chi connectivity index (χ0n) is 13.9. The summed E-state index contributed by atoms with van der Waals surface area (Å²) >= 11 is 0. The van der Waals surface area contributed by atoms with E-state index in [4.69, 9.17) is 9.15 Å². The number of hydrogen-bond donors (Lipinski definition) is 1. The van der Waals surface area contributed by atoms with Gasteiger partial charge in [-0.1, -0.05) is 24.6 Å². The van der Waals surface area contributed by atoms with Crippen molar-refractivity contribution in [3.63, 3.8) is 0 Å². The van der Waals surface area contributed by atoms with Crippen molar-refractivity contribution in [1.29, 1.82) is 0 Å². The minimum Gasteiger partial charge on any atom is -0.417 e. The van der Waals surface area contributed by atoms with Crippen LogP contribution in [0, 0.1) is 5.92 Å². The fourth-order valence-corrected chi connectivity index (χ4v) is 4.03. The van der Waals surface area contributed by atoms with Gasteiger partial charge in [-0.25, -0.2) is 4.79 Å². The quantitative estimate of drug-likeness (QED) is 0.899. The molecule has 1 aromatic heterocycles. The van der Waals surface area contributed by atoms with E-state index in [-0.39, 0.29) is 23.6 Å². The molecule has 25 heavy (non-hydrogen) atoms. The van der Waals surface area contributed by atoms with Crippen molar-refractivity contribution >= 4 is 16.7 Å². The number of nitrogens with zero attached hydrogens (tertiary/aromatic N) is 1. The van der Waals surface area contributed by atoms with Crippen LogP contribution in [0.4, 0.5) is 0 Å². The molecule has 1 aliphatic heterocycles. The van der Waals surface area contributed by atoms with Crippen LogP contribution in [0.3, 0.4) is 0 Å². The Bertz CT molecular complexity index is 845. The molecule has 0 spiro atoms. The number of aliphatic hydroxyl groups is 1. The van der Waals surface area contributed by atoms with E-state index in [1.165, 1.54) is 0 Å². The van der Waals surface area contributed by atoms with Gasteiger partial charge in [-0.15, -0.1) is 0 Å². The second-order valence-corrected chi connectivity index (χ2v) is 6.79. The molecule has 1 saturated carbocycles. The fraction of sp³-hybridized carbons (Fsp3) is 0.474. The largest absolute Gasteiger partial charge is 0.417 e. The standard InChI is InChI=1S/C19H21NO5/c21-16-7-3-6-14(16)15-11-24-9-8-20(15)18(22)17-10-12-4-1-2-5-13(12)19(23)25-17/h1-2,4-5,10,14-16,21H,3,6-9,11H2. The van der Waals surface area contributed by atoms with Crippen LogP contribution in [0.2, 0.25) is 0 Å². The molecule has 3 unspecified atom stereocenters. The molecule has 1 aliphatic carbocycles. The van der Waals surface area contributed by atoms with Crippen LogP contribution in [-0.2, 0) is 4.74 Å². The van der Waals surface area contributed by atoms with Gasteiger partial charge in [0.15, 0.2) is 5.76 Å². The minimum absolute atomic E-state index is 0.0106. The summed E-state index contributed by atoms with van der Waals surface area (Å²) in [7, 11) is 0. The van der Waals surface area contributed by atoms with Gasteiger partial charge < -0.3 is 19.2 Å². The maximum absolute atomic E-state index is 13.0. The Kier molecular flexibility index (Phi) is 4.31. The molecular weight excluding hydrogens is 322 g/mol. The van der Waals surface area contributed by atoms with Gasteiger partial charge in [0.2, 0.25) is 0 Å². The molecule has 132 valence electrons. The molecule has 1 amide bonds. The first-order valence-electron chi connectivity index (χ1n) is 8.75. The van der Waals surface area contributed by atoms with Crippen molar-refractivity contribution in [3.8, 4) is 0 Å². The lowest BCUT2D eigenvalue weighted by Gasteiger charge is -2.39. The number of amides is 1. The van der Waals surface area contributed by atoms with Crippen LogP contribution in [0.1, 0.15) is 29.8 Å². The van der Waals surface area contributed by atoms with Crippen molar-refractivity contribution in [2.75, 3.05) is 19.8 Å². The molecule has 0 radical (unpaired) electrons. The van der Waals surface area contributed by atoms with Gasteiger partial charge in [0.05, 0.1) is 30.7 Å². The third kappa shape index (κ3) is 2.96. The number of carbonyl (C=O) groups excluding carboxylic acids is 1. The molecule has 6 nitrogen and oxygen atoms in total. The molecule has 0 bridgehead atoms. The first kappa shape index (κ1) is 16.3. The van der Waals surface area contributed by atoms with Crippen LogP contribution in [0.5, 0.6) is 0 Å². The highest BCUT2D eigenvalue weighted by Crippen LogP contribution is 2.32. The monoisotopic (exact) mass is 343 g/mol. The zero-order valence-corrected chi connectivity index (χ0v) is 13.9. The molecule has 4 rings (SSSR count). The highest BCUT2D eigenvalue weighted by molar-refractivity contribution is 5.95. The molecule has 1 saturated heterocycles. The Morgan fingerprint density at radius 3 is 2.88 bits per heavy atom. The van der Waals surface area contributed by atoms with Gasteiger partial charge in [-0.3, -0.25) is 4.79 Å². The number of ether oxygens (including phenoxy) is 1. The second-order valence-electron chi connectivity index (χ2n) is 6.79. The summed E-state index contributed by atoms with van der Waals surface area (Å²) in [6, 6.07) is 8.50. The van der Waals surface area contributed by atoms with Gasteiger partial charge in [-0.05, 0) is 30.4 Å². The van der Waals surface area contributed by atoms with Crippen LogP contribution in [0.25, 0.3) is 10.8 Å². The summed E-state index contributed by atoms with van der Waals surface area (Å²) in [5.74, 6) is -0.255. The summed E-state index contributed by atoms with van der Waals surface area (Å²) < 4.78 is 10.8. The van der Waals surface area contributed by atoms with E-state index in [1.54, 1.807) is 29.2 Å². The number of morpholine rings is 1. The Morgan fingerprint density at radius 2 is 2.08 bits per heavy atom. The third-order valence-electron chi connectivity index (χ3n) is 5.33. The number of fused-ring (bicyclic) bond motifs is 1. The van der Waals surface area contributed by atoms with Crippen molar-refractivity contribution in [2.24, 2.45) is 5.92 Å². The summed E-state index contributed by atoms with van der Waals surface area (Å²) in [5.41, 5.74) is -0.507. The number of hydrogen-bond acceptors (Lipinski definition) is 5. The topological polar surface area (TPSA) is 80.0 Å². The summed E-state index contributed by atoms with van der Waals surface area (Å²) in [6.07, 6.45) is 2.18. The Morgan fingerprint density at radius 1 is 1.24 bits per heavy atom. The molecule has 3 atom stereocenters. The minimum atomic E-state index is -0.507. The predicted octanol–water partition coefficient (Wildman–Crippen LogP) is 1.79. The SMILES string of the molecule is O=C(c1cc2ccccc2c(=O)o1)N1CCOCC1C1CCCC1O. The van der Waals surface area contributed by atoms with E-state index in [0.29, 0.717) is 30.5 Å². The van der Waals surface area contributed by atoms with Crippen LogP contribution in [-0.4, -0.2) is 47.8 Å². The Labute approximate surface area is 145 Å². The Hall–Kier alpha value is -2.18. The summed E-state index contributed by atoms with van der Waals surface area (Å²) in [6.45, 7) is 1.29. The number of benzene rings is 1. The maximum atomic E-state index is 13.0. The first-order valence-corrected chi connectivity index (χ1v) is 8.75. The van der Waals surface area contributed by atoms with E-state index in [0.717, 1.165) is 19.3 Å². The zero-order chi connectivity index (χ0) is 17.4. The lowest BCUT2D eigenvalue weighted by molar-refractivity contribution is -0.0395. The van der Waals surface area contributed by atoms with Crippen molar-refractivity contribution < 1.29 is 19.1 Å². The number of aliphatic hydroxyl groups excluding tert-OH is 1. The van der Waals surface area contributed by atoms with Crippen LogP contribution in [0.15, 0.2) is 39.5 Å². The predicted molar refractivity (Wildman–Crippen MR) is 91.5 cm³/mol. The molecule has 6 heteroatoms. The molecule has 1 aromatic carbocycles. The molecule has 2 aromatic rings. The van der Waals surface area contributed by atoms with E-state index in [1.807, 2.05) is 6.07 Å². The number of carbonyl (C=O) groups is 1. The summed E-state index contributed by atoms with van der Waals surface area (Å²) in [4.78, 5) is 26.9. The average molecular weight is 343 g/mol. The third-order valence-corrected chi connectivity index (χ3v) is 5.33. The summed E-state index contributed by atoms with van der Waals surface area (Å²) in [5, 5.41) is 11.4. The van der Waals surface area contributed by atoms with Gasteiger partial charge in [0.1, 0.15) is 0 Å². The molecule has 1 N–H and O–H groups in total. The van der Waals surface area contributed by atoms with Crippen molar-refractivity contribution in [1.82, 2.24) is 4.90 Å². The van der Waals surface area contributed by atoms with Crippen molar-refractivity contribution in [2.45, 2.75) is 31.4 Å². The maximum Gasteiger partial charge on any atom is 0.344 e. The van der Waals surface area contributed by atoms with E-state index >= 15 is 0 Å². The molecule has 2 aliphatic rings. The average Bonchev–Trinajstić information content (AvgIpc) is 3.07. The van der Waals surface area contributed by atoms with Gasteiger partial charge in [0.25, 0.3) is 5.91 Å². The van der Waals surface area contributed by atoms with E-state index in [2.05, 4.69) is 0 Å². The van der Waals surface area contributed by atoms with Gasteiger partial charge >= 0.3 is 5.63 Å². The lowest BCUT2D eigenvalue weighted by atomic mass is 9.94. The molecule has 2 fully saturated rings. The highest BCUT2D eigenvalue weighted by Gasteiger charge is 2.40. The fourth-order valence-electron chi connectivity index (χ4n) is 4.03.